The fourth-order valence-electron chi connectivity index (χ4n) is 2.33. The van der Waals surface area contributed by atoms with Crippen LogP contribution >= 0.6 is 11.3 Å². The standard InChI is InChI=1S/C12H16N2O3S/c1-2-12(11(16)17)3-5-14(6-4-12)10(15)9-7-13-8-18-9/h7-8H,2-6H2,1H3,(H,16,17). The van der Waals surface area contributed by atoms with E-state index >= 15 is 0 Å². The minimum atomic E-state index is -0.741. The zero-order valence-electron chi connectivity index (χ0n) is 10.3. The van der Waals surface area contributed by atoms with Crippen molar-refractivity contribution in [3.05, 3.63) is 16.6 Å². The molecular weight excluding hydrogens is 252 g/mol. The number of hydrogen-bond donors (Lipinski definition) is 1. The van der Waals surface area contributed by atoms with E-state index in [1.807, 2.05) is 6.92 Å². The highest BCUT2D eigenvalue weighted by atomic mass is 32.1. The lowest BCUT2D eigenvalue weighted by Crippen LogP contribution is -2.46. The van der Waals surface area contributed by atoms with Gasteiger partial charge in [0.1, 0.15) is 4.88 Å². The van der Waals surface area contributed by atoms with Gasteiger partial charge < -0.3 is 10.0 Å². The van der Waals surface area contributed by atoms with Crippen LogP contribution < -0.4 is 0 Å². The maximum Gasteiger partial charge on any atom is 0.309 e. The molecule has 5 nitrogen and oxygen atoms in total. The van der Waals surface area contributed by atoms with Gasteiger partial charge in [0.2, 0.25) is 0 Å². The number of rotatable bonds is 3. The summed E-state index contributed by atoms with van der Waals surface area (Å²) in [4.78, 5) is 29.6. The van der Waals surface area contributed by atoms with Gasteiger partial charge in [0.25, 0.3) is 5.91 Å². The molecule has 0 unspecified atom stereocenters. The van der Waals surface area contributed by atoms with Crippen molar-refractivity contribution in [2.24, 2.45) is 5.41 Å². The number of thiazole rings is 1. The number of nitrogens with zero attached hydrogens (tertiary/aromatic N) is 2. The third-order valence-corrected chi connectivity index (χ3v) is 4.54. The quantitative estimate of drug-likeness (QED) is 0.908. The first-order chi connectivity index (χ1) is 8.59. The van der Waals surface area contributed by atoms with E-state index in [0.717, 1.165) is 0 Å². The molecule has 1 aromatic heterocycles. The molecule has 0 atom stereocenters. The Morgan fingerprint density at radius 3 is 2.61 bits per heavy atom. The van der Waals surface area contributed by atoms with Crippen LogP contribution in [-0.2, 0) is 4.79 Å². The van der Waals surface area contributed by atoms with Gasteiger partial charge in [-0.1, -0.05) is 6.92 Å². The number of hydrogen-bond acceptors (Lipinski definition) is 4. The number of aliphatic carboxylic acids is 1. The van der Waals surface area contributed by atoms with E-state index in [9.17, 15) is 14.7 Å². The number of carbonyl (C=O) groups is 2. The largest absolute Gasteiger partial charge is 0.481 e. The molecule has 1 aliphatic heterocycles. The van der Waals surface area contributed by atoms with Gasteiger partial charge in [0.15, 0.2) is 0 Å². The molecule has 98 valence electrons. The Morgan fingerprint density at radius 1 is 1.50 bits per heavy atom. The van der Waals surface area contributed by atoms with E-state index in [0.29, 0.717) is 37.2 Å². The summed E-state index contributed by atoms with van der Waals surface area (Å²) in [5, 5.41) is 9.29. The Balaban J connectivity index is 2.02. The van der Waals surface area contributed by atoms with Crippen molar-refractivity contribution in [3.63, 3.8) is 0 Å². The molecule has 1 aromatic rings. The fourth-order valence-corrected chi connectivity index (χ4v) is 2.92. The molecule has 1 N–H and O–H groups in total. The lowest BCUT2D eigenvalue weighted by Gasteiger charge is -2.38. The van der Waals surface area contributed by atoms with Crippen molar-refractivity contribution in [1.82, 2.24) is 9.88 Å². The van der Waals surface area contributed by atoms with Crippen LogP contribution in [0.5, 0.6) is 0 Å². The predicted molar refractivity (Wildman–Crippen MR) is 67.6 cm³/mol. The monoisotopic (exact) mass is 268 g/mol. The van der Waals surface area contributed by atoms with Crippen LogP contribution in [-0.4, -0.2) is 40.0 Å². The van der Waals surface area contributed by atoms with E-state index in [2.05, 4.69) is 4.98 Å². The molecule has 18 heavy (non-hydrogen) atoms. The number of piperidine rings is 1. The van der Waals surface area contributed by atoms with E-state index in [-0.39, 0.29) is 5.91 Å². The lowest BCUT2D eigenvalue weighted by atomic mass is 9.76. The lowest BCUT2D eigenvalue weighted by molar-refractivity contribution is -0.152. The van der Waals surface area contributed by atoms with Crippen LogP contribution in [0.25, 0.3) is 0 Å². The summed E-state index contributed by atoms with van der Waals surface area (Å²) < 4.78 is 0. The van der Waals surface area contributed by atoms with Crippen molar-refractivity contribution in [1.29, 1.82) is 0 Å². The normalized spacial score (nSPS) is 18.6. The van der Waals surface area contributed by atoms with Gasteiger partial charge in [-0.2, -0.15) is 0 Å². The third kappa shape index (κ3) is 2.25. The molecule has 1 amide bonds. The van der Waals surface area contributed by atoms with Crippen LogP contribution in [0, 0.1) is 5.41 Å². The molecule has 0 aliphatic carbocycles. The Hall–Kier alpha value is -1.43. The first-order valence-electron chi connectivity index (χ1n) is 6.00. The van der Waals surface area contributed by atoms with Gasteiger partial charge in [-0.05, 0) is 19.3 Å². The Morgan fingerprint density at radius 2 is 2.17 bits per heavy atom. The molecule has 0 aromatic carbocycles. The molecule has 2 rings (SSSR count). The molecule has 6 heteroatoms. The molecule has 0 radical (unpaired) electrons. The summed E-state index contributed by atoms with van der Waals surface area (Å²) in [6, 6.07) is 0. The topological polar surface area (TPSA) is 70.5 Å². The first kappa shape index (κ1) is 13.0. The second kappa shape index (κ2) is 5.06. The Labute approximate surface area is 109 Å². The maximum atomic E-state index is 12.1. The van der Waals surface area contributed by atoms with Gasteiger partial charge in [0.05, 0.1) is 17.1 Å². The molecule has 1 aliphatic rings. The molecule has 0 saturated carbocycles. The van der Waals surface area contributed by atoms with E-state index in [4.69, 9.17) is 0 Å². The summed E-state index contributed by atoms with van der Waals surface area (Å²) in [7, 11) is 0. The number of likely N-dealkylation sites (tertiary alicyclic amines) is 1. The summed E-state index contributed by atoms with van der Waals surface area (Å²) >= 11 is 1.32. The van der Waals surface area contributed by atoms with Gasteiger partial charge in [-0.3, -0.25) is 14.6 Å². The third-order valence-electron chi connectivity index (χ3n) is 3.78. The summed E-state index contributed by atoms with van der Waals surface area (Å²) in [5.74, 6) is -0.775. The zero-order chi connectivity index (χ0) is 13.2. The van der Waals surface area contributed by atoms with Crippen molar-refractivity contribution in [2.45, 2.75) is 26.2 Å². The minimum absolute atomic E-state index is 0.0346. The molecule has 1 saturated heterocycles. The molecule has 2 heterocycles. The Kier molecular flexibility index (Phi) is 3.65. The smallest absolute Gasteiger partial charge is 0.309 e. The highest BCUT2D eigenvalue weighted by Gasteiger charge is 2.40. The second-order valence-corrected chi connectivity index (χ2v) is 5.48. The van der Waals surface area contributed by atoms with Crippen LogP contribution in [0.1, 0.15) is 35.9 Å². The maximum absolute atomic E-state index is 12.1. The van der Waals surface area contributed by atoms with Crippen LogP contribution in [0.4, 0.5) is 0 Å². The molecule has 0 bridgehead atoms. The highest BCUT2D eigenvalue weighted by Crippen LogP contribution is 2.35. The van der Waals surface area contributed by atoms with Gasteiger partial charge in [0, 0.05) is 13.1 Å². The van der Waals surface area contributed by atoms with Crippen LogP contribution in [0.2, 0.25) is 0 Å². The fraction of sp³-hybridized carbons (Fsp3) is 0.583. The SMILES string of the molecule is CCC1(C(=O)O)CCN(C(=O)c2cncs2)CC1. The summed E-state index contributed by atoms with van der Waals surface area (Å²) in [6.45, 7) is 2.92. The van der Waals surface area contributed by atoms with E-state index in [1.165, 1.54) is 11.3 Å². The highest BCUT2D eigenvalue weighted by molar-refractivity contribution is 7.11. The van der Waals surface area contributed by atoms with Crippen molar-refractivity contribution < 1.29 is 14.7 Å². The molecule has 0 spiro atoms. The summed E-state index contributed by atoms with van der Waals surface area (Å²) in [6.07, 6.45) is 3.24. The van der Waals surface area contributed by atoms with Crippen LogP contribution in [0.15, 0.2) is 11.7 Å². The van der Waals surface area contributed by atoms with Crippen molar-refractivity contribution in [3.8, 4) is 0 Å². The average Bonchev–Trinajstić information content (AvgIpc) is 2.91. The summed E-state index contributed by atoms with van der Waals surface area (Å²) in [5.41, 5.74) is 0.981. The zero-order valence-corrected chi connectivity index (χ0v) is 11.1. The van der Waals surface area contributed by atoms with Gasteiger partial charge in [-0.25, -0.2) is 0 Å². The predicted octanol–water partition coefficient (Wildman–Crippen LogP) is 1.86. The first-order valence-corrected chi connectivity index (χ1v) is 6.88. The van der Waals surface area contributed by atoms with Gasteiger partial charge >= 0.3 is 5.97 Å². The molecular formula is C12H16N2O3S. The minimum Gasteiger partial charge on any atom is -0.481 e. The van der Waals surface area contributed by atoms with Crippen molar-refractivity contribution >= 4 is 23.2 Å². The van der Waals surface area contributed by atoms with Crippen LogP contribution in [0.3, 0.4) is 0 Å². The average molecular weight is 268 g/mol. The number of amides is 1. The van der Waals surface area contributed by atoms with E-state index < -0.39 is 11.4 Å². The number of aromatic nitrogens is 1. The molecule has 1 fully saturated rings. The van der Waals surface area contributed by atoms with E-state index in [1.54, 1.807) is 16.6 Å². The second-order valence-electron chi connectivity index (χ2n) is 4.60. The Bertz CT molecular complexity index is 436. The number of carboxylic acid groups (broad SMARTS) is 1. The number of carbonyl (C=O) groups excluding carboxylic acids is 1. The van der Waals surface area contributed by atoms with Gasteiger partial charge in [-0.15, -0.1) is 11.3 Å². The van der Waals surface area contributed by atoms with Crippen molar-refractivity contribution in [2.75, 3.05) is 13.1 Å². The number of carboxylic acids is 1.